The van der Waals surface area contributed by atoms with Crippen molar-refractivity contribution < 1.29 is 18.7 Å². The van der Waals surface area contributed by atoms with E-state index >= 15 is 0 Å². The minimum absolute atomic E-state index is 0.0360. The lowest BCUT2D eigenvalue weighted by Crippen LogP contribution is -2.39. The number of halogens is 3. The summed E-state index contributed by atoms with van der Waals surface area (Å²) in [6.07, 6.45) is 1.29. The van der Waals surface area contributed by atoms with Gasteiger partial charge in [0.15, 0.2) is 5.69 Å². The molecule has 0 aliphatic carbocycles. The Labute approximate surface area is 200 Å². The van der Waals surface area contributed by atoms with Crippen LogP contribution in [0.4, 0.5) is 4.39 Å². The number of rotatable bonds is 5. The number of carbonyl (C=O) groups excluding carboxylic acids is 2. The zero-order valence-corrected chi connectivity index (χ0v) is 19.4. The Morgan fingerprint density at radius 3 is 2.39 bits per heavy atom. The first-order chi connectivity index (χ1) is 15.9. The molecule has 0 unspecified atom stereocenters. The molecule has 1 fully saturated rings. The van der Waals surface area contributed by atoms with Gasteiger partial charge in [-0.15, -0.1) is 0 Å². The lowest BCUT2D eigenvalue weighted by Gasteiger charge is -2.33. The molecule has 2 heterocycles. The van der Waals surface area contributed by atoms with Crippen molar-refractivity contribution in [2.75, 3.05) is 19.7 Å². The summed E-state index contributed by atoms with van der Waals surface area (Å²) < 4.78 is 20.3. The van der Waals surface area contributed by atoms with E-state index in [1.807, 2.05) is 0 Å². The van der Waals surface area contributed by atoms with Crippen molar-refractivity contribution in [2.24, 2.45) is 0 Å². The predicted octanol–water partition coefficient (Wildman–Crippen LogP) is 5.65. The van der Waals surface area contributed by atoms with Crippen LogP contribution in [0.2, 0.25) is 10.0 Å². The average Bonchev–Trinajstić information content (AvgIpc) is 3.27. The molecular weight excluding hydrogens is 468 g/mol. The lowest BCUT2D eigenvalue weighted by molar-refractivity contribution is 0.0517. The minimum atomic E-state index is -0.508. The summed E-state index contributed by atoms with van der Waals surface area (Å²) in [5.41, 5.74) is 2.13. The van der Waals surface area contributed by atoms with E-state index in [9.17, 15) is 14.0 Å². The third-order valence-electron chi connectivity index (χ3n) is 5.62. The Bertz CT molecular complexity index is 1170. The van der Waals surface area contributed by atoms with Gasteiger partial charge in [-0.25, -0.2) is 9.18 Å². The second-order valence-corrected chi connectivity index (χ2v) is 8.55. The van der Waals surface area contributed by atoms with Crippen molar-refractivity contribution >= 4 is 35.1 Å². The van der Waals surface area contributed by atoms with Crippen molar-refractivity contribution in [3.63, 3.8) is 0 Å². The van der Waals surface area contributed by atoms with Crippen LogP contribution in [0.3, 0.4) is 0 Å². The number of hydrogen-bond donors (Lipinski definition) is 0. The standard InChI is InChI=1S/C24H22Cl2FN3O3/c1-2-33-24(32)21-14-22(15-3-6-17(27)7-4-15)30(28-21)18-9-11-29(12-10-18)23(31)16-5-8-19(25)20(26)13-16/h3-8,13-14,18H,2,9-12H2,1H3. The van der Waals surface area contributed by atoms with Crippen molar-refractivity contribution in [2.45, 2.75) is 25.8 Å². The van der Waals surface area contributed by atoms with Gasteiger partial charge in [-0.1, -0.05) is 23.2 Å². The van der Waals surface area contributed by atoms with Crippen molar-refractivity contribution in [3.8, 4) is 11.3 Å². The molecule has 3 aromatic rings. The second kappa shape index (κ2) is 9.93. The number of hydrogen-bond acceptors (Lipinski definition) is 4. The van der Waals surface area contributed by atoms with E-state index in [1.54, 1.807) is 52.9 Å². The molecule has 33 heavy (non-hydrogen) atoms. The molecule has 6 nitrogen and oxygen atoms in total. The number of likely N-dealkylation sites (tertiary alicyclic amines) is 1. The SMILES string of the molecule is CCOC(=O)c1cc(-c2ccc(F)cc2)n(C2CCN(C(=O)c3ccc(Cl)c(Cl)c3)CC2)n1. The number of nitrogens with zero attached hydrogens (tertiary/aromatic N) is 3. The molecular formula is C24H22Cl2FN3O3. The van der Waals surface area contributed by atoms with E-state index in [1.165, 1.54) is 12.1 Å². The highest BCUT2D eigenvalue weighted by Crippen LogP contribution is 2.31. The van der Waals surface area contributed by atoms with E-state index in [4.69, 9.17) is 27.9 Å². The number of esters is 1. The van der Waals surface area contributed by atoms with Gasteiger partial charge < -0.3 is 9.64 Å². The number of carbonyl (C=O) groups is 2. The van der Waals surface area contributed by atoms with Crippen LogP contribution < -0.4 is 0 Å². The molecule has 4 rings (SSSR count). The van der Waals surface area contributed by atoms with Crippen LogP contribution in [-0.2, 0) is 4.74 Å². The van der Waals surface area contributed by atoms with Crippen LogP contribution in [0.25, 0.3) is 11.3 Å². The lowest BCUT2D eigenvalue weighted by atomic mass is 10.0. The van der Waals surface area contributed by atoms with Gasteiger partial charge in [-0.05, 0) is 68.3 Å². The molecule has 0 N–H and O–H groups in total. The molecule has 172 valence electrons. The molecule has 0 atom stereocenters. The topological polar surface area (TPSA) is 64.4 Å². The maximum absolute atomic E-state index is 13.4. The first-order valence-corrected chi connectivity index (χ1v) is 11.4. The van der Waals surface area contributed by atoms with E-state index in [0.717, 1.165) is 5.56 Å². The number of amides is 1. The number of ether oxygens (including phenoxy) is 1. The molecule has 1 aliphatic heterocycles. The van der Waals surface area contributed by atoms with Gasteiger partial charge >= 0.3 is 5.97 Å². The highest BCUT2D eigenvalue weighted by atomic mass is 35.5. The molecule has 1 aromatic heterocycles. The highest BCUT2D eigenvalue weighted by Gasteiger charge is 2.28. The van der Waals surface area contributed by atoms with E-state index in [2.05, 4.69) is 5.10 Å². The molecule has 0 radical (unpaired) electrons. The zero-order valence-electron chi connectivity index (χ0n) is 17.9. The van der Waals surface area contributed by atoms with Gasteiger partial charge in [-0.2, -0.15) is 5.10 Å². The molecule has 0 bridgehead atoms. The van der Waals surface area contributed by atoms with Gasteiger partial charge in [0.25, 0.3) is 5.91 Å². The van der Waals surface area contributed by atoms with E-state index < -0.39 is 5.97 Å². The Balaban J connectivity index is 1.55. The monoisotopic (exact) mass is 489 g/mol. The Morgan fingerprint density at radius 1 is 1.06 bits per heavy atom. The molecule has 9 heteroatoms. The number of piperidine rings is 1. The summed E-state index contributed by atoms with van der Waals surface area (Å²) in [5, 5.41) is 5.25. The third kappa shape index (κ3) is 5.04. The summed E-state index contributed by atoms with van der Waals surface area (Å²) in [6, 6.07) is 12.5. The first-order valence-electron chi connectivity index (χ1n) is 10.6. The number of benzene rings is 2. The summed E-state index contributed by atoms with van der Waals surface area (Å²) >= 11 is 12.0. The first kappa shape index (κ1) is 23.3. The quantitative estimate of drug-likeness (QED) is 0.434. The maximum Gasteiger partial charge on any atom is 0.358 e. The third-order valence-corrected chi connectivity index (χ3v) is 6.36. The maximum atomic E-state index is 13.4. The summed E-state index contributed by atoms with van der Waals surface area (Å²) in [5.74, 6) is -0.963. The Morgan fingerprint density at radius 2 is 1.76 bits per heavy atom. The van der Waals surface area contributed by atoms with Gasteiger partial charge in [0.2, 0.25) is 0 Å². The van der Waals surface area contributed by atoms with Gasteiger partial charge in [0, 0.05) is 24.2 Å². The summed E-state index contributed by atoms with van der Waals surface area (Å²) in [6.45, 7) is 3.01. The van der Waals surface area contributed by atoms with Crippen LogP contribution >= 0.6 is 23.2 Å². The fraction of sp³-hybridized carbons (Fsp3) is 0.292. The fourth-order valence-electron chi connectivity index (χ4n) is 3.94. The molecule has 1 saturated heterocycles. The van der Waals surface area contributed by atoms with Crippen molar-refractivity contribution in [1.82, 2.24) is 14.7 Å². The van der Waals surface area contributed by atoms with Gasteiger partial charge in [0.05, 0.1) is 28.4 Å². The Hall–Kier alpha value is -2.90. The number of aromatic nitrogens is 2. The summed E-state index contributed by atoms with van der Waals surface area (Å²) in [7, 11) is 0. The molecule has 1 amide bonds. The Kier molecular flexibility index (Phi) is 7.00. The van der Waals surface area contributed by atoms with Crippen LogP contribution in [0.5, 0.6) is 0 Å². The molecule has 1 aliphatic rings. The van der Waals surface area contributed by atoms with Crippen molar-refractivity contribution in [3.05, 3.63) is 75.7 Å². The van der Waals surface area contributed by atoms with Crippen LogP contribution in [0.15, 0.2) is 48.5 Å². The smallest absolute Gasteiger partial charge is 0.358 e. The molecule has 2 aromatic carbocycles. The van der Waals surface area contributed by atoms with Gasteiger partial charge in [0.1, 0.15) is 5.82 Å². The predicted molar refractivity (Wildman–Crippen MR) is 124 cm³/mol. The van der Waals surface area contributed by atoms with Crippen LogP contribution in [0, 0.1) is 5.82 Å². The van der Waals surface area contributed by atoms with E-state index in [-0.39, 0.29) is 30.1 Å². The van der Waals surface area contributed by atoms with Gasteiger partial charge in [-0.3, -0.25) is 9.48 Å². The normalized spacial score (nSPS) is 14.4. The second-order valence-electron chi connectivity index (χ2n) is 7.74. The summed E-state index contributed by atoms with van der Waals surface area (Å²) in [4.78, 5) is 27.0. The minimum Gasteiger partial charge on any atom is -0.461 e. The van der Waals surface area contributed by atoms with Crippen molar-refractivity contribution in [1.29, 1.82) is 0 Å². The largest absolute Gasteiger partial charge is 0.461 e. The average molecular weight is 490 g/mol. The zero-order chi connectivity index (χ0) is 23.5. The van der Waals surface area contributed by atoms with Crippen LogP contribution in [0.1, 0.15) is 46.7 Å². The highest BCUT2D eigenvalue weighted by molar-refractivity contribution is 6.42. The molecule has 0 spiro atoms. The fourth-order valence-corrected chi connectivity index (χ4v) is 4.24. The van der Waals surface area contributed by atoms with E-state index in [0.29, 0.717) is 47.2 Å². The molecule has 0 saturated carbocycles. The van der Waals surface area contributed by atoms with Crippen LogP contribution in [-0.4, -0.2) is 46.3 Å².